The summed E-state index contributed by atoms with van der Waals surface area (Å²) in [6, 6.07) is 0. The molecule has 0 aliphatic carbocycles. The molecule has 0 aliphatic heterocycles. The Morgan fingerprint density at radius 1 is 1.73 bits per heavy atom. The number of ether oxygens (including phenoxy) is 1. The van der Waals surface area contributed by atoms with Gasteiger partial charge >= 0.3 is 5.97 Å². The van der Waals surface area contributed by atoms with Gasteiger partial charge in [0, 0.05) is 5.57 Å². The summed E-state index contributed by atoms with van der Waals surface area (Å²) in [5.41, 5.74) is 5.71. The third-order valence-corrected chi connectivity index (χ3v) is 1.01. The van der Waals surface area contributed by atoms with Crippen LogP contribution in [0.4, 0.5) is 0 Å². The Kier molecular flexibility index (Phi) is 7.36. The molecule has 0 aromatic rings. The number of nitrogens with two attached hydrogens (primary N) is 1. The number of rotatable bonds is 3. The van der Waals surface area contributed by atoms with Crippen molar-refractivity contribution in [3.05, 3.63) is 12.2 Å². The van der Waals surface area contributed by atoms with Crippen LogP contribution in [-0.2, 0) is 9.53 Å². The largest absolute Gasteiger partial charge is 0.443 e. The van der Waals surface area contributed by atoms with Gasteiger partial charge in [0.15, 0.2) is 6.23 Å². The number of carbonyl (C=O) groups excluding carboxylic acids is 1. The van der Waals surface area contributed by atoms with Gasteiger partial charge in [-0.25, -0.2) is 4.79 Å². The topological polar surface area (TPSA) is 52.3 Å². The van der Waals surface area contributed by atoms with E-state index in [0.29, 0.717) is 12.0 Å². The van der Waals surface area contributed by atoms with E-state index in [4.69, 9.17) is 10.5 Å². The highest BCUT2D eigenvalue weighted by Gasteiger charge is 2.06. The van der Waals surface area contributed by atoms with Crippen LogP contribution in [0.2, 0.25) is 0 Å². The van der Waals surface area contributed by atoms with E-state index in [1.54, 1.807) is 6.92 Å². The fourth-order valence-electron chi connectivity index (χ4n) is 0.321. The van der Waals surface area contributed by atoms with E-state index in [0.717, 1.165) is 0 Å². The highest BCUT2D eigenvalue weighted by molar-refractivity contribution is 5.87. The summed E-state index contributed by atoms with van der Waals surface area (Å²) in [5, 5.41) is 0. The van der Waals surface area contributed by atoms with E-state index in [1.807, 2.05) is 6.92 Å². The van der Waals surface area contributed by atoms with Crippen molar-refractivity contribution in [2.75, 3.05) is 0 Å². The number of hydrogen-bond acceptors (Lipinski definition) is 3. The zero-order chi connectivity index (χ0) is 8.15. The summed E-state index contributed by atoms with van der Waals surface area (Å²) in [4.78, 5) is 10.7. The zero-order valence-electron chi connectivity index (χ0n) is 6.79. The van der Waals surface area contributed by atoms with Gasteiger partial charge in [-0.3, -0.25) is 5.73 Å². The Bertz CT molecular complexity index is 147. The van der Waals surface area contributed by atoms with Gasteiger partial charge in [0.25, 0.3) is 0 Å². The van der Waals surface area contributed by atoms with Crippen molar-refractivity contribution >= 4 is 18.4 Å². The first-order chi connectivity index (χ1) is 4.57. The predicted molar refractivity (Wildman–Crippen MR) is 46.4 cm³/mol. The minimum Gasteiger partial charge on any atom is -0.443 e. The standard InChI is InChI=1S/C7H13NO2.ClH/c1-4-6(8)10-7(9)5(2)3;/h6H,2,4,8H2,1,3H3;1H. The lowest BCUT2D eigenvalue weighted by Gasteiger charge is -2.09. The number of hydrogen-bond donors (Lipinski definition) is 1. The molecule has 1 atom stereocenters. The number of carbonyl (C=O) groups is 1. The summed E-state index contributed by atoms with van der Waals surface area (Å²) >= 11 is 0. The summed E-state index contributed by atoms with van der Waals surface area (Å²) in [6.07, 6.45) is 0.128. The van der Waals surface area contributed by atoms with Gasteiger partial charge in [0.05, 0.1) is 0 Å². The molecule has 3 nitrogen and oxygen atoms in total. The summed E-state index contributed by atoms with van der Waals surface area (Å²) in [7, 11) is 0. The van der Waals surface area contributed by atoms with Crippen molar-refractivity contribution in [1.82, 2.24) is 0 Å². The molecule has 66 valence electrons. The molecule has 1 unspecified atom stereocenters. The average molecular weight is 180 g/mol. The highest BCUT2D eigenvalue weighted by atomic mass is 35.5. The van der Waals surface area contributed by atoms with Crippen molar-refractivity contribution in [3.63, 3.8) is 0 Å². The maximum absolute atomic E-state index is 10.7. The molecule has 0 radical (unpaired) electrons. The normalized spacial score (nSPS) is 11.2. The molecule has 0 bridgehead atoms. The van der Waals surface area contributed by atoms with Crippen LogP contribution < -0.4 is 5.73 Å². The van der Waals surface area contributed by atoms with Gasteiger partial charge in [-0.2, -0.15) is 0 Å². The zero-order valence-corrected chi connectivity index (χ0v) is 7.61. The second-order valence-electron chi connectivity index (χ2n) is 2.13. The van der Waals surface area contributed by atoms with Crippen LogP contribution in [0.25, 0.3) is 0 Å². The summed E-state index contributed by atoms with van der Waals surface area (Å²) < 4.78 is 4.70. The molecule has 2 N–H and O–H groups in total. The highest BCUT2D eigenvalue weighted by Crippen LogP contribution is 1.96. The quantitative estimate of drug-likeness (QED) is 0.403. The molecule has 4 heteroatoms. The molecular weight excluding hydrogens is 166 g/mol. The molecule has 0 aromatic heterocycles. The van der Waals surface area contributed by atoms with Crippen LogP contribution >= 0.6 is 12.4 Å². The average Bonchev–Trinajstić information content (AvgIpc) is 1.87. The Balaban J connectivity index is 0. The van der Waals surface area contributed by atoms with E-state index >= 15 is 0 Å². The molecule has 0 spiro atoms. The SMILES string of the molecule is C=C(C)C(=O)OC(N)CC.Cl. The maximum atomic E-state index is 10.7. The fraction of sp³-hybridized carbons (Fsp3) is 0.571. The summed E-state index contributed by atoms with van der Waals surface area (Å²) in [6.45, 7) is 6.84. The molecule has 11 heavy (non-hydrogen) atoms. The summed E-state index contributed by atoms with van der Waals surface area (Å²) in [5.74, 6) is -0.422. The van der Waals surface area contributed by atoms with Gasteiger partial charge in [-0.05, 0) is 13.3 Å². The van der Waals surface area contributed by atoms with E-state index < -0.39 is 12.2 Å². The molecule has 0 rings (SSSR count). The number of esters is 1. The number of halogens is 1. The second-order valence-corrected chi connectivity index (χ2v) is 2.13. The van der Waals surface area contributed by atoms with E-state index in [2.05, 4.69) is 6.58 Å². The van der Waals surface area contributed by atoms with Crippen molar-refractivity contribution < 1.29 is 9.53 Å². The van der Waals surface area contributed by atoms with Crippen LogP contribution in [-0.4, -0.2) is 12.2 Å². The van der Waals surface area contributed by atoms with Gasteiger partial charge in [0.2, 0.25) is 0 Å². The lowest BCUT2D eigenvalue weighted by molar-refractivity contribution is -0.144. The van der Waals surface area contributed by atoms with E-state index in [1.165, 1.54) is 0 Å². The molecule has 0 fully saturated rings. The molecule has 0 aromatic carbocycles. The second kappa shape index (κ2) is 6.19. The first-order valence-corrected chi connectivity index (χ1v) is 3.20. The smallest absolute Gasteiger partial charge is 0.334 e. The first kappa shape index (κ1) is 13.1. The first-order valence-electron chi connectivity index (χ1n) is 3.20. The van der Waals surface area contributed by atoms with E-state index in [9.17, 15) is 4.79 Å². The third-order valence-electron chi connectivity index (χ3n) is 1.01. The minimum atomic E-state index is -0.496. The molecule has 0 amide bonds. The lowest BCUT2D eigenvalue weighted by Crippen LogP contribution is -2.26. The van der Waals surface area contributed by atoms with Crippen LogP contribution in [0.15, 0.2) is 12.2 Å². The maximum Gasteiger partial charge on any atom is 0.334 e. The van der Waals surface area contributed by atoms with Gasteiger partial charge in [-0.15, -0.1) is 12.4 Å². The van der Waals surface area contributed by atoms with Gasteiger partial charge in [-0.1, -0.05) is 13.5 Å². The Morgan fingerprint density at radius 2 is 2.18 bits per heavy atom. The van der Waals surface area contributed by atoms with Crippen LogP contribution in [0, 0.1) is 0 Å². The lowest BCUT2D eigenvalue weighted by atomic mass is 10.3. The third kappa shape index (κ3) is 5.88. The Hall–Kier alpha value is -0.540. The van der Waals surface area contributed by atoms with Crippen molar-refractivity contribution in [3.8, 4) is 0 Å². The van der Waals surface area contributed by atoms with Crippen molar-refractivity contribution in [1.29, 1.82) is 0 Å². The molecule has 0 aliphatic rings. The van der Waals surface area contributed by atoms with Crippen LogP contribution in [0.5, 0.6) is 0 Å². The minimum absolute atomic E-state index is 0. The molecule has 0 saturated carbocycles. The van der Waals surface area contributed by atoms with Crippen LogP contribution in [0.3, 0.4) is 0 Å². The monoisotopic (exact) mass is 179 g/mol. The molecule has 0 heterocycles. The Morgan fingerprint density at radius 3 is 2.45 bits per heavy atom. The van der Waals surface area contributed by atoms with Gasteiger partial charge < -0.3 is 4.74 Å². The van der Waals surface area contributed by atoms with E-state index in [-0.39, 0.29) is 12.4 Å². The Labute approximate surface area is 73.0 Å². The van der Waals surface area contributed by atoms with Crippen LogP contribution in [0.1, 0.15) is 20.3 Å². The van der Waals surface area contributed by atoms with Crippen molar-refractivity contribution in [2.45, 2.75) is 26.5 Å². The van der Waals surface area contributed by atoms with Gasteiger partial charge in [0.1, 0.15) is 0 Å². The predicted octanol–water partition coefficient (Wildman–Crippen LogP) is 1.22. The molecule has 0 saturated heterocycles. The fourth-order valence-corrected chi connectivity index (χ4v) is 0.321. The van der Waals surface area contributed by atoms with Crippen molar-refractivity contribution in [2.24, 2.45) is 5.73 Å². The molecular formula is C7H14ClNO2.